The molecule has 2 aliphatic heterocycles. The molecule has 2 aliphatic rings. The number of nitriles is 1. The number of nitrogens with zero attached hydrogens (tertiary/aromatic N) is 5. The molecular formula is C26H26N6O4. The fraction of sp³-hybridized carbons (Fsp3) is 0.346. The number of likely N-dealkylation sites (tertiary alicyclic amines) is 1. The number of rotatable bonds is 7. The van der Waals surface area contributed by atoms with Gasteiger partial charge < -0.3 is 24.4 Å². The van der Waals surface area contributed by atoms with Gasteiger partial charge in [-0.05, 0) is 36.4 Å². The minimum Gasteiger partial charge on any atom is -0.489 e. The monoisotopic (exact) mass is 486 g/mol. The van der Waals surface area contributed by atoms with Crippen LogP contribution in [0.4, 0.5) is 11.6 Å². The van der Waals surface area contributed by atoms with Crippen molar-refractivity contribution < 1.29 is 19.0 Å². The average molecular weight is 487 g/mol. The Kier molecular flexibility index (Phi) is 7.02. The molecule has 5 rings (SSSR count). The van der Waals surface area contributed by atoms with Gasteiger partial charge in [0.05, 0.1) is 42.5 Å². The largest absolute Gasteiger partial charge is 0.489 e. The Morgan fingerprint density at radius 2 is 1.97 bits per heavy atom. The van der Waals surface area contributed by atoms with Crippen LogP contribution in [0.5, 0.6) is 5.75 Å². The minimum atomic E-state index is -0.120. The second kappa shape index (κ2) is 10.7. The van der Waals surface area contributed by atoms with Crippen LogP contribution in [0, 0.1) is 11.3 Å². The Balaban J connectivity index is 1.26. The van der Waals surface area contributed by atoms with Crippen LogP contribution in [0.1, 0.15) is 28.9 Å². The summed E-state index contributed by atoms with van der Waals surface area (Å²) in [6.45, 7) is 2.49. The molecule has 184 valence electrons. The number of nitrogens with one attached hydrogen (secondary N) is 1. The Morgan fingerprint density at radius 1 is 1.14 bits per heavy atom. The summed E-state index contributed by atoms with van der Waals surface area (Å²) >= 11 is 0. The topological polar surface area (TPSA) is 122 Å². The van der Waals surface area contributed by atoms with Crippen LogP contribution < -0.4 is 10.1 Å². The van der Waals surface area contributed by atoms with Crippen molar-refractivity contribution >= 4 is 17.5 Å². The fourth-order valence-electron chi connectivity index (χ4n) is 4.07. The Labute approximate surface area is 208 Å². The van der Waals surface area contributed by atoms with E-state index in [1.165, 1.54) is 0 Å². The predicted octanol–water partition coefficient (Wildman–Crippen LogP) is 3.18. The van der Waals surface area contributed by atoms with Gasteiger partial charge in [-0.2, -0.15) is 5.26 Å². The molecule has 1 aromatic carbocycles. The van der Waals surface area contributed by atoms with Gasteiger partial charge in [0.15, 0.2) is 0 Å². The summed E-state index contributed by atoms with van der Waals surface area (Å²) in [5, 5.41) is 12.8. The van der Waals surface area contributed by atoms with E-state index in [0.717, 1.165) is 18.4 Å². The van der Waals surface area contributed by atoms with E-state index in [1.807, 2.05) is 12.1 Å². The average Bonchev–Trinajstić information content (AvgIpc) is 2.89. The third kappa shape index (κ3) is 5.27. The zero-order valence-corrected chi connectivity index (χ0v) is 19.9. The number of amides is 1. The second-order valence-electron chi connectivity index (χ2n) is 8.64. The Morgan fingerprint density at radius 3 is 2.69 bits per heavy atom. The molecule has 0 unspecified atom stereocenters. The highest BCUT2D eigenvalue weighted by molar-refractivity contribution is 5.93. The molecule has 10 nitrogen and oxygen atoms in total. The molecule has 3 aromatic rings. The summed E-state index contributed by atoms with van der Waals surface area (Å²) in [4.78, 5) is 27.3. The van der Waals surface area contributed by atoms with Crippen LogP contribution in [0.3, 0.4) is 0 Å². The first kappa shape index (κ1) is 23.7. The lowest BCUT2D eigenvalue weighted by molar-refractivity contribution is -0.0194. The van der Waals surface area contributed by atoms with Crippen LogP contribution >= 0.6 is 0 Å². The smallest absolute Gasteiger partial charge is 0.272 e. The SMILES string of the molecule is COC1CN(C(=O)c2ccc(Nc3nccc(-c4ccc(OC5CCOCC5)c(C#N)c4)n3)cn2)C1. The van der Waals surface area contributed by atoms with Crippen molar-refractivity contribution in [1.82, 2.24) is 19.9 Å². The Hall–Kier alpha value is -4.07. The molecular weight excluding hydrogens is 460 g/mol. The van der Waals surface area contributed by atoms with Crippen molar-refractivity contribution in [2.24, 2.45) is 0 Å². The van der Waals surface area contributed by atoms with Crippen molar-refractivity contribution in [1.29, 1.82) is 5.26 Å². The molecule has 36 heavy (non-hydrogen) atoms. The maximum atomic E-state index is 12.5. The second-order valence-corrected chi connectivity index (χ2v) is 8.64. The lowest BCUT2D eigenvalue weighted by Gasteiger charge is -2.37. The van der Waals surface area contributed by atoms with Crippen LogP contribution in [-0.2, 0) is 9.47 Å². The van der Waals surface area contributed by atoms with E-state index < -0.39 is 0 Å². The lowest BCUT2D eigenvalue weighted by Crippen LogP contribution is -2.54. The highest BCUT2D eigenvalue weighted by Crippen LogP contribution is 2.28. The van der Waals surface area contributed by atoms with E-state index >= 15 is 0 Å². The third-order valence-electron chi connectivity index (χ3n) is 6.22. The molecule has 0 bridgehead atoms. The van der Waals surface area contributed by atoms with Gasteiger partial charge in [0, 0.05) is 44.8 Å². The van der Waals surface area contributed by atoms with Gasteiger partial charge in [-0.15, -0.1) is 0 Å². The minimum absolute atomic E-state index is 0.0509. The number of ether oxygens (including phenoxy) is 3. The first-order chi connectivity index (χ1) is 17.6. The number of anilines is 2. The summed E-state index contributed by atoms with van der Waals surface area (Å²) in [6.07, 6.45) is 4.99. The zero-order valence-electron chi connectivity index (χ0n) is 19.9. The van der Waals surface area contributed by atoms with Crippen molar-refractivity contribution in [2.75, 3.05) is 38.7 Å². The number of methoxy groups -OCH3 is 1. The van der Waals surface area contributed by atoms with Gasteiger partial charge in [0.25, 0.3) is 5.91 Å². The predicted molar refractivity (Wildman–Crippen MR) is 131 cm³/mol. The number of hydrogen-bond acceptors (Lipinski definition) is 9. The van der Waals surface area contributed by atoms with Gasteiger partial charge in [-0.3, -0.25) is 4.79 Å². The van der Waals surface area contributed by atoms with E-state index in [-0.39, 0.29) is 18.1 Å². The molecule has 1 amide bonds. The van der Waals surface area contributed by atoms with Crippen LogP contribution in [0.15, 0.2) is 48.8 Å². The van der Waals surface area contributed by atoms with Crippen molar-refractivity contribution in [2.45, 2.75) is 25.0 Å². The summed E-state index contributed by atoms with van der Waals surface area (Å²) in [5.41, 5.74) is 2.92. The van der Waals surface area contributed by atoms with Crippen LogP contribution in [-0.4, -0.2) is 71.4 Å². The van der Waals surface area contributed by atoms with Crippen molar-refractivity contribution in [3.63, 3.8) is 0 Å². The zero-order chi connectivity index (χ0) is 24.9. The third-order valence-corrected chi connectivity index (χ3v) is 6.22. The first-order valence-corrected chi connectivity index (χ1v) is 11.8. The molecule has 2 fully saturated rings. The normalized spacial score (nSPS) is 16.2. The summed E-state index contributed by atoms with van der Waals surface area (Å²) in [7, 11) is 1.64. The number of hydrogen-bond donors (Lipinski definition) is 1. The number of carbonyl (C=O) groups excluding carboxylic acids is 1. The molecule has 4 heterocycles. The fourth-order valence-corrected chi connectivity index (χ4v) is 4.07. The van der Waals surface area contributed by atoms with Crippen LogP contribution in [0.25, 0.3) is 11.3 Å². The molecule has 0 atom stereocenters. The van der Waals surface area contributed by atoms with Crippen LogP contribution in [0.2, 0.25) is 0 Å². The van der Waals surface area contributed by atoms with Crippen molar-refractivity contribution in [3.05, 3.63) is 60.0 Å². The quantitative estimate of drug-likeness (QED) is 0.536. The number of benzene rings is 1. The molecule has 2 aromatic heterocycles. The molecule has 2 saturated heterocycles. The van der Waals surface area contributed by atoms with E-state index in [0.29, 0.717) is 60.6 Å². The Bertz CT molecular complexity index is 1260. The maximum Gasteiger partial charge on any atom is 0.272 e. The molecule has 1 N–H and O–H groups in total. The highest BCUT2D eigenvalue weighted by atomic mass is 16.5. The standard InChI is InChI=1S/C26H26N6O4/c1-34-21-15-32(16-21)25(33)23-4-3-19(14-29-23)30-26-28-9-6-22(31-26)17-2-5-24(18(12-17)13-27)36-20-7-10-35-11-8-20/h2-6,9,12,14,20-21H,7-8,10-11,15-16H2,1H3,(H,28,30,31). The van der Waals surface area contributed by atoms with Gasteiger partial charge in [-0.25, -0.2) is 15.0 Å². The van der Waals surface area contributed by atoms with E-state index in [9.17, 15) is 10.1 Å². The number of pyridine rings is 1. The lowest BCUT2D eigenvalue weighted by atomic mass is 10.1. The van der Waals surface area contributed by atoms with Crippen molar-refractivity contribution in [3.8, 4) is 23.1 Å². The molecule has 10 heteroatoms. The summed E-state index contributed by atoms with van der Waals surface area (Å²) in [6, 6.07) is 12.9. The summed E-state index contributed by atoms with van der Waals surface area (Å²) in [5.74, 6) is 0.822. The summed E-state index contributed by atoms with van der Waals surface area (Å²) < 4.78 is 16.6. The van der Waals surface area contributed by atoms with Gasteiger partial charge in [0.1, 0.15) is 23.6 Å². The first-order valence-electron chi connectivity index (χ1n) is 11.8. The molecule has 0 spiro atoms. The van der Waals surface area contributed by atoms with E-state index in [4.69, 9.17) is 14.2 Å². The molecule has 0 radical (unpaired) electrons. The van der Waals surface area contributed by atoms with Gasteiger partial charge >= 0.3 is 0 Å². The molecule has 0 aliphatic carbocycles. The van der Waals surface area contributed by atoms with Gasteiger partial charge in [-0.1, -0.05) is 0 Å². The molecule has 0 saturated carbocycles. The maximum absolute atomic E-state index is 12.5. The van der Waals surface area contributed by atoms with Gasteiger partial charge in [0.2, 0.25) is 5.95 Å². The van der Waals surface area contributed by atoms with E-state index in [1.54, 1.807) is 48.7 Å². The van der Waals surface area contributed by atoms with E-state index in [2.05, 4.69) is 26.3 Å². The number of aromatic nitrogens is 3. The highest BCUT2D eigenvalue weighted by Gasteiger charge is 2.31. The number of carbonyl (C=O) groups is 1.